The first-order valence-electron chi connectivity index (χ1n) is 11.4. The number of methoxy groups -OCH3 is 2. The Hall–Kier alpha value is -4.92. The summed E-state index contributed by atoms with van der Waals surface area (Å²) >= 11 is 0. The summed E-state index contributed by atoms with van der Waals surface area (Å²) in [5, 5.41) is 2.50. The van der Waals surface area contributed by atoms with E-state index >= 15 is 0 Å². The highest BCUT2D eigenvalue weighted by Gasteiger charge is 2.25. The summed E-state index contributed by atoms with van der Waals surface area (Å²) in [7, 11) is 2.38. The standard InChI is InChI=1S/C28H24N2O7/c1-4-37-22-10-8-17(9-11-22)23-16-21-7-5-6-12-30(21)24(23)25(31)26(32)29-20-14-18(27(33)35-2)13-19(15-20)28(34)36-3/h5-16H,4H2,1-3H3,(H,29,32). The molecule has 4 aromatic rings. The number of Topliss-reactive ketones (excluding diaryl/α,β-unsaturated/α-hetero) is 1. The molecule has 0 bridgehead atoms. The summed E-state index contributed by atoms with van der Waals surface area (Å²) in [4.78, 5) is 50.8. The molecule has 0 fully saturated rings. The number of carbonyl (C=O) groups excluding carboxylic acids is 4. The smallest absolute Gasteiger partial charge is 0.337 e. The van der Waals surface area contributed by atoms with Gasteiger partial charge in [-0.2, -0.15) is 0 Å². The number of carbonyl (C=O) groups is 4. The lowest BCUT2D eigenvalue weighted by molar-refractivity contribution is -0.112. The molecular weight excluding hydrogens is 476 g/mol. The zero-order chi connectivity index (χ0) is 26.5. The van der Waals surface area contributed by atoms with Gasteiger partial charge in [0.05, 0.1) is 32.0 Å². The number of fused-ring (bicyclic) bond motifs is 1. The Balaban J connectivity index is 1.73. The van der Waals surface area contributed by atoms with Gasteiger partial charge in [0.2, 0.25) is 0 Å². The van der Waals surface area contributed by atoms with Gasteiger partial charge in [-0.25, -0.2) is 9.59 Å². The van der Waals surface area contributed by atoms with Gasteiger partial charge >= 0.3 is 11.9 Å². The quantitative estimate of drug-likeness (QED) is 0.217. The molecule has 0 radical (unpaired) electrons. The number of rotatable bonds is 8. The molecule has 4 rings (SSSR count). The second kappa shape index (κ2) is 10.8. The number of ketones is 1. The van der Waals surface area contributed by atoms with Gasteiger partial charge in [0.1, 0.15) is 11.4 Å². The van der Waals surface area contributed by atoms with Crippen LogP contribution >= 0.6 is 0 Å². The Morgan fingerprint density at radius 2 is 1.49 bits per heavy atom. The first-order valence-corrected chi connectivity index (χ1v) is 11.4. The first kappa shape index (κ1) is 25.2. The molecule has 37 heavy (non-hydrogen) atoms. The molecule has 2 aromatic heterocycles. The lowest BCUT2D eigenvalue weighted by Crippen LogP contribution is -2.25. The molecule has 1 amide bonds. The topological polar surface area (TPSA) is 112 Å². The summed E-state index contributed by atoms with van der Waals surface area (Å²) < 4.78 is 16.6. The lowest BCUT2D eigenvalue weighted by atomic mass is 10.0. The predicted octanol–water partition coefficient (Wildman–Crippen LogP) is 4.40. The maximum absolute atomic E-state index is 13.5. The van der Waals surface area contributed by atoms with Gasteiger partial charge in [-0.15, -0.1) is 0 Å². The van der Waals surface area contributed by atoms with E-state index in [1.54, 1.807) is 28.8 Å². The molecular formula is C28H24N2O7. The number of amides is 1. The average Bonchev–Trinajstić information content (AvgIpc) is 3.31. The van der Waals surface area contributed by atoms with Crippen molar-refractivity contribution in [2.75, 3.05) is 26.1 Å². The van der Waals surface area contributed by atoms with Crippen molar-refractivity contribution in [2.45, 2.75) is 6.92 Å². The van der Waals surface area contributed by atoms with Gasteiger partial charge in [0.25, 0.3) is 11.7 Å². The molecule has 0 saturated heterocycles. The third-order valence-corrected chi connectivity index (χ3v) is 5.61. The predicted molar refractivity (Wildman–Crippen MR) is 136 cm³/mol. The summed E-state index contributed by atoms with van der Waals surface area (Å²) in [5.41, 5.74) is 2.26. The van der Waals surface area contributed by atoms with Crippen LogP contribution in [-0.2, 0) is 14.3 Å². The van der Waals surface area contributed by atoms with Gasteiger partial charge in [-0.1, -0.05) is 18.2 Å². The maximum Gasteiger partial charge on any atom is 0.337 e. The van der Waals surface area contributed by atoms with Crippen LogP contribution in [0, 0.1) is 0 Å². The second-order valence-corrected chi connectivity index (χ2v) is 7.92. The van der Waals surface area contributed by atoms with Crippen LogP contribution in [0.5, 0.6) is 5.75 Å². The van der Waals surface area contributed by atoms with Gasteiger partial charge in [0, 0.05) is 23.0 Å². The highest BCUT2D eigenvalue weighted by molar-refractivity contribution is 6.47. The Labute approximate surface area is 212 Å². The minimum Gasteiger partial charge on any atom is -0.494 e. The molecule has 1 N–H and O–H groups in total. The van der Waals surface area contributed by atoms with E-state index < -0.39 is 23.6 Å². The number of aromatic nitrogens is 1. The molecule has 0 unspecified atom stereocenters. The second-order valence-electron chi connectivity index (χ2n) is 7.92. The fourth-order valence-electron chi connectivity index (χ4n) is 3.94. The third-order valence-electron chi connectivity index (χ3n) is 5.61. The Kier molecular flexibility index (Phi) is 7.34. The summed E-state index contributed by atoms with van der Waals surface area (Å²) in [6.07, 6.45) is 1.70. The lowest BCUT2D eigenvalue weighted by Gasteiger charge is -2.11. The fraction of sp³-hybridized carbons (Fsp3) is 0.143. The summed E-state index contributed by atoms with van der Waals surface area (Å²) in [6, 6.07) is 18.4. The molecule has 188 valence electrons. The monoisotopic (exact) mass is 500 g/mol. The van der Waals surface area contributed by atoms with Crippen molar-refractivity contribution < 1.29 is 33.4 Å². The molecule has 2 aromatic carbocycles. The molecule has 0 saturated carbocycles. The number of hydrogen-bond acceptors (Lipinski definition) is 7. The van der Waals surface area contributed by atoms with E-state index in [4.69, 9.17) is 14.2 Å². The molecule has 0 aliphatic carbocycles. The van der Waals surface area contributed by atoms with Crippen LogP contribution in [0.3, 0.4) is 0 Å². The first-order chi connectivity index (χ1) is 17.9. The number of nitrogens with one attached hydrogen (secondary N) is 1. The Bertz CT molecular complexity index is 1470. The number of nitrogens with zero attached hydrogens (tertiary/aromatic N) is 1. The van der Waals surface area contributed by atoms with Crippen LogP contribution in [0.25, 0.3) is 16.6 Å². The van der Waals surface area contributed by atoms with Crippen molar-refractivity contribution >= 4 is 34.8 Å². The summed E-state index contributed by atoms with van der Waals surface area (Å²) in [5.74, 6) is -2.51. The van der Waals surface area contributed by atoms with Gasteiger partial charge < -0.3 is 23.9 Å². The zero-order valence-corrected chi connectivity index (χ0v) is 20.4. The van der Waals surface area contributed by atoms with E-state index in [9.17, 15) is 19.2 Å². The number of anilines is 1. The highest BCUT2D eigenvalue weighted by atomic mass is 16.5. The van der Waals surface area contributed by atoms with Crippen molar-refractivity contribution in [1.29, 1.82) is 0 Å². The van der Waals surface area contributed by atoms with E-state index in [0.29, 0.717) is 17.9 Å². The van der Waals surface area contributed by atoms with Crippen LogP contribution in [0.1, 0.15) is 38.1 Å². The van der Waals surface area contributed by atoms with Crippen molar-refractivity contribution in [1.82, 2.24) is 4.40 Å². The van der Waals surface area contributed by atoms with Crippen molar-refractivity contribution in [3.8, 4) is 16.9 Å². The molecule has 0 atom stereocenters. The third kappa shape index (κ3) is 5.20. The average molecular weight is 501 g/mol. The molecule has 0 aliphatic rings. The Morgan fingerprint density at radius 3 is 2.08 bits per heavy atom. The Morgan fingerprint density at radius 1 is 0.838 bits per heavy atom. The number of hydrogen-bond donors (Lipinski definition) is 1. The van der Waals surface area contributed by atoms with E-state index in [0.717, 1.165) is 11.1 Å². The fourth-order valence-corrected chi connectivity index (χ4v) is 3.94. The molecule has 0 spiro atoms. The normalized spacial score (nSPS) is 10.6. The van der Waals surface area contributed by atoms with E-state index in [1.165, 1.54) is 32.4 Å². The van der Waals surface area contributed by atoms with Gasteiger partial charge in [-0.05, 0) is 61.0 Å². The molecule has 2 heterocycles. The van der Waals surface area contributed by atoms with E-state index in [-0.39, 0.29) is 22.5 Å². The van der Waals surface area contributed by atoms with Gasteiger partial charge in [-0.3, -0.25) is 9.59 Å². The molecule has 0 aliphatic heterocycles. The van der Waals surface area contributed by atoms with Crippen LogP contribution in [-0.4, -0.2) is 48.9 Å². The number of benzene rings is 2. The number of ether oxygens (including phenoxy) is 3. The maximum atomic E-state index is 13.5. The largest absolute Gasteiger partial charge is 0.494 e. The van der Waals surface area contributed by atoms with Crippen molar-refractivity contribution in [3.63, 3.8) is 0 Å². The summed E-state index contributed by atoms with van der Waals surface area (Å²) in [6.45, 7) is 2.41. The number of pyridine rings is 1. The number of esters is 2. The SMILES string of the molecule is CCOc1ccc(-c2cc3ccccn3c2C(=O)C(=O)Nc2cc(C(=O)OC)cc(C(=O)OC)c2)cc1. The zero-order valence-electron chi connectivity index (χ0n) is 20.4. The highest BCUT2D eigenvalue weighted by Crippen LogP contribution is 2.30. The van der Waals surface area contributed by atoms with E-state index in [2.05, 4.69) is 5.32 Å². The van der Waals surface area contributed by atoms with Crippen LogP contribution in [0.15, 0.2) is 72.9 Å². The van der Waals surface area contributed by atoms with Crippen molar-refractivity contribution in [2.24, 2.45) is 0 Å². The molecule has 9 nitrogen and oxygen atoms in total. The van der Waals surface area contributed by atoms with Crippen LogP contribution < -0.4 is 10.1 Å². The van der Waals surface area contributed by atoms with Crippen LogP contribution in [0.2, 0.25) is 0 Å². The van der Waals surface area contributed by atoms with Gasteiger partial charge in [0.15, 0.2) is 0 Å². The van der Waals surface area contributed by atoms with Crippen molar-refractivity contribution in [3.05, 3.63) is 89.7 Å². The minimum absolute atomic E-state index is 0.0105. The van der Waals surface area contributed by atoms with Crippen LogP contribution in [0.4, 0.5) is 5.69 Å². The molecule has 9 heteroatoms. The minimum atomic E-state index is -0.950. The van der Waals surface area contributed by atoms with E-state index in [1.807, 2.05) is 37.3 Å².